The van der Waals surface area contributed by atoms with Gasteiger partial charge in [-0.15, -0.1) is 0 Å². The largest absolute Gasteiger partial charge is 0.487 e. The maximum atomic E-state index is 12.9. The summed E-state index contributed by atoms with van der Waals surface area (Å²) in [6.07, 6.45) is 5.78. The first-order chi connectivity index (χ1) is 14.0. The Labute approximate surface area is 174 Å². The fraction of sp³-hybridized carbons (Fsp3) is 0.304. The summed E-state index contributed by atoms with van der Waals surface area (Å²) in [5, 5.41) is 8.77. The summed E-state index contributed by atoms with van der Waals surface area (Å²) in [5.41, 5.74) is 2.44. The van der Waals surface area contributed by atoms with Crippen LogP contribution in [-0.2, 0) is 0 Å². The van der Waals surface area contributed by atoms with Gasteiger partial charge < -0.3 is 15.4 Å². The lowest BCUT2D eigenvalue weighted by Gasteiger charge is -2.48. The zero-order valence-electron chi connectivity index (χ0n) is 16.2. The van der Waals surface area contributed by atoms with Gasteiger partial charge in [-0.05, 0) is 56.5 Å². The quantitative estimate of drug-likeness (QED) is 0.567. The van der Waals surface area contributed by atoms with E-state index >= 15 is 0 Å². The fourth-order valence-electron chi connectivity index (χ4n) is 4.35. The van der Waals surface area contributed by atoms with Crippen molar-refractivity contribution in [3.05, 3.63) is 64.9 Å². The number of hydrogen-bond acceptors (Lipinski definition) is 3. The summed E-state index contributed by atoms with van der Waals surface area (Å²) in [4.78, 5) is 17.2. The Morgan fingerprint density at radius 1 is 1.24 bits per heavy atom. The SMILES string of the molecule is Cc1cc2c(NC(=O)NC3CC4(CCC4)Oc4ccc(Cl)cc43)cccc2cn1. The highest BCUT2D eigenvalue weighted by molar-refractivity contribution is 6.30. The second-order valence-electron chi connectivity index (χ2n) is 8.03. The maximum Gasteiger partial charge on any atom is 0.319 e. The zero-order chi connectivity index (χ0) is 20.0. The minimum atomic E-state index is -0.237. The molecule has 2 amide bonds. The molecule has 0 bridgehead atoms. The molecule has 1 aromatic heterocycles. The van der Waals surface area contributed by atoms with E-state index in [2.05, 4.69) is 15.6 Å². The van der Waals surface area contributed by atoms with E-state index < -0.39 is 0 Å². The van der Waals surface area contributed by atoms with Crippen LogP contribution in [-0.4, -0.2) is 16.6 Å². The number of urea groups is 1. The first kappa shape index (κ1) is 18.3. The van der Waals surface area contributed by atoms with Gasteiger partial charge in [0.15, 0.2) is 0 Å². The number of nitrogens with one attached hydrogen (secondary N) is 2. The molecule has 2 N–H and O–H groups in total. The van der Waals surface area contributed by atoms with Gasteiger partial charge in [-0.1, -0.05) is 23.7 Å². The number of hydrogen-bond donors (Lipinski definition) is 2. The standard InChI is InChI=1S/C23H22ClN3O2/c1-14-10-17-15(13-25-14)4-2-5-19(17)26-22(28)27-20-12-23(8-3-9-23)29-21-7-6-16(24)11-18(20)21/h2,4-7,10-11,13,20H,3,8-9,12H2,1H3,(H2,26,27,28). The molecule has 5 rings (SSSR count). The number of fused-ring (bicyclic) bond motifs is 2. The average molecular weight is 408 g/mol. The topological polar surface area (TPSA) is 63.2 Å². The number of carbonyl (C=O) groups excluding carboxylic acids is 1. The van der Waals surface area contributed by atoms with Gasteiger partial charge in [0.2, 0.25) is 0 Å². The van der Waals surface area contributed by atoms with E-state index in [1.165, 1.54) is 0 Å². The number of anilines is 1. The van der Waals surface area contributed by atoms with Crippen molar-refractivity contribution in [2.75, 3.05) is 5.32 Å². The van der Waals surface area contributed by atoms with Gasteiger partial charge >= 0.3 is 6.03 Å². The molecule has 0 radical (unpaired) electrons. The highest BCUT2D eigenvalue weighted by Gasteiger charge is 2.46. The number of pyridine rings is 1. The third kappa shape index (κ3) is 3.40. The molecule has 1 atom stereocenters. The molecule has 2 aliphatic rings. The van der Waals surface area contributed by atoms with Crippen LogP contribution < -0.4 is 15.4 Å². The summed E-state index contributed by atoms with van der Waals surface area (Å²) in [5.74, 6) is 0.817. The van der Waals surface area contributed by atoms with E-state index in [-0.39, 0.29) is 17.7 Å². The molecule has 1 fully saturated rings. The molecule has 1 aliphatic heterocycles. The molecule has 148 valence electrons. The molecule has 6 heteroatoms. The van der Waals surface area contributed by atoms with Gasteiger partial charge in [-0.2, -0.15) is 0 Å². The Morgan fingerprint density at radius 3 is 2.90 bits per heavy atom. The van der Waals surface area contributed by atoms with Crippen LogP contribution in [0.2, 0.25) is 5.02 Å². The third-order valence-corrected chi connectivity index (χ3v) is 6.20. The van der Waals surface area contributed by atoms with Crippen LogP contribution in [0.1, 0.15) is 43.0 Å². The summed E-state index contributed by atoms with van der Waals surface area (Å²) < 4.78 is 6.27. The van der Waals surface area contributed by atoms with E-state index in [1.807, 2.05) is 55.6 Å². The molecular formula is C23H22ClN3O2. The van der Waals surface area contributed by atoms with Crippen molar-refractivity contribution in [1.82, 2.24) is 10.3 Å². The number of aromatic nitrogens is 1. The highest BCUT2D eigenvalue weighted by atomic mass is 35.5. The van der Waals surface area contributed by atoms with Gasteiger partial charge in [-0.3, -0.25) is 4.98 Å². The second-order valence-corrected chi connectivity index (χ2v) is 8.46. The molecule has 1 spiro atoms. The van der Waals surface area contributed by atoms with Crippen molar-refractivity contribution in [3.8, 4) is 5.75 Å². The van der Waals surface area contributed by atoms with Gasteiger partial charge in [0.1, 0.15) is 11.4 Å². The number of rotatable bonds is 2. The lowest BCUT2D eigenvalue weighted by atomic mass is 9.73. The van der Waals surface area contributed by atoms with Crippen LogP contribution in [0.15, 0.2) is 48.7 Å². The average Bonchev–Trinajstić information content (AvgIpc) is 2.67. The lowest BCUT2D eigenvalue weighted by Crippen LogP contribution is -2.50. The van der Waals surface area contributed by atoms with Crippen LogP contribution in [0.25, 0.3) is 10.8 Å². The van der Waals surface area contributed by atoms with Crippen LogP contribution in [0.5, 0.6) is 5.75 Å². The lowest BCUT2D eigenvalue weighted by molar-refractivity contribution is -0.0354. The van der Waals surface area contributed by atoms with Crippen molar-refractivity contribution in [2.24, 2.45) is 0 Å². The number of carbonyl (C=O) groups is 1. The van der Waals surface area contributed by atoms with Gasteiger partial charge in [0.05, 0.1) is 11.7 Å². The fourth-order valence-corrected chi connectivity index (χ4v) is 4.53. The molecule has 29 heavy (non-hydrogen) atoms. The summed E-state index contributed by atoms with van der Waals surface area (Å²) >= 11 is 6.22. The molecule has 1 aliphatic carbocycles. The third-order valence-electron chi connectivity index (χ3n) is 5.97. The van der Waals surface area contributed by atoms with Gasteiger partial charge in [0.25, 0.3) is 0 Å². The number of nitrogens with zero attached hydrogens (tertiary/aromatic N) is 1. The van der Waals surface area contributed by atoms with E-state index in [4.69, 9.17) is 16.3 Å². The number of halogens is 1. The molecule has 2 heterocycles. The van der Waals surface area contributed by atoms with Crippen molar-refractivity contribution in [2.45, 2.75) is 44.2 Å². The van der Waals surface area contributed by atoms with Crippen molar-refractivity contribution < 1.29 is 9.53 Å². The first-order valence-electron chi connectivity index (χ1n) is 9.93. The van der Waals surface area contributed by atoms with Gasteiger partial charge in [0, 0.05) is 39.7 Å². The summed E-state index contributed by atoms with van der Waals surface area (Å²) in [7, 11) is 0. The Balaban J connectivity index is 1.41. The molecule has 1 saturated carbocycles. The molecule has 2 aromatic carbocycles. The van der Waals surface area contributed by atoms with Crippen LogP contribution in [0.3, 0.4) is 0 Å². The number of amides is 2. The van der Waals surface area contributed by atoms with Crippen LogP contribution in [0, 0.1) is 6.92 Å². The maximum absolute atomic E-state index is 12.9. The van der Waals surface area contributed by atoms with Gasteiger partial charge in [-0.25, -0.2) is 4.79 Å². The number of benzene rings is 2. The Morgan fingerprint density at radius 2 is 2.10 bits per heavy atom. The minimum absolute atomic E-state index is 0.142. The van der Waals surface area contributed by atoms with Crippen LogP contribution >= 0.6 is 11.6 Å². The number of ether oxygens (including phenoxy) is 1. The second kappa shape index (κ2) is 6.92. The molecular weight excluding hydrogens is 386 g/mol. The van der Waals surface area contributed by atoms with Crippen molar-refractivity contribution in [1.29, 1.82) is 0 Å². The predicted octanol–water partition coefficient (Wildman–Crippen LogP) is 5.76. The smallest absolute Gasteiger partial charge is 0.319 e. The Bertz CT molecular complexity index is 1110. The Hall–Kier alpha value is -2.79. The number of aryl methyl sites for hydroxylation is 1. The Kier molecular flexibility index (Phi) is 4.36. The zero-order valence-corrected chi connectivity index (χ0v) is 16.9. The highest BCUT2D eigenvalue weighted by Crippen LogP contribution is 2.49. The van der Waals surface area contributed by atoms with Crippen molar-refractivity contribution >= 4 is 34.1 Å². The first-order valence-corrected chi connectivity index (χ1v) is 10.3. The molecule has 5 nitrogen and oxygen atoms in total. The van der Waals surface area contributed by atoms with E-state index in [0.717, 1.165) is 59.2 Å². The molecule has 1 unspecified atom stereocenters. The van der Waals surface area contributed by atoms with Crippen LogP contribution in [0.4, 0.5) is 10.5 Å². The monoisotopic (exact) mass is 407 g/mol. The van der Waals surface area contributed by atoms with E-state index in [9.17, 15) is 4.79 Å². The molecule has 3 aromatic rings. The van der Waals surface area contributed by atoms with E-state index in [0.29, 0.717) is 5.02 Å². The minimum Gasteiger partial charge on any atom is -0.487 e. The molecule has 0 saturated heterocycles. The predicted molar refractivity (Wildman–Crippen MR) is 115 cm³/mol. The van der Waals surface area contributed by atoms with E-state index in [1.54, 1.807) is 0 Å². The van der Waals surface area contributed by atoms with Crippen molar-refractivity contribution in [3.63, 3.8) is 0 Å². The normalized spacial score (nSPS) is 19.2. The summed E-state index contributed by atoms with van der Waals surface area (Å²) in [6.45, 7) is 1.94. The summed E-state index contributed by atoms with van der Waals surface area (Å²) in [6, 6.07) is 13.0.